The summed E-state index contributed by atoms with van der Waals surface area (Å²) in [5.41, 5.74) is 0.411. The lowest BCUT2D eigenvalue weighted by atomic mass is 10.2. The molecule has 0 radical (unpaired) electrons. The number of alkyl halides is 3. The molecular weight excluding hydrogens is 489 g/mol. The van der Waals surface area contributed by atoms with Crippen LogP contribution in [0.3, 0.4) is 0 Å². The molecule has 4 rings (SSSR count). The fraction of sp³-hybridized carbons (Fsp3) is 0.130. The van der Waals surface area contributed by atoms with Gasteiger partial charge in [-0.3, -0.25) is 0 Å². The molecule has 0 bridgehead atoms. The van der Waals surface area contributed by atoms with Crippen LogP contribution in [0.5, 0.6) is 0 Å². The third-order valence-electron chi connectivity index (χ3n) is 4.89. The number of aromatic nitrogens is 2. The van der Waals surface area contributed by atoms with Gasteiger partial charge in [0, 0.05) is 29.1 Å². The fourth-order valence-electron chi connectivity index (χ4n) is 3.23. The average Bonchev–Trinajstić information content (AvgIpc) is 2.81. The molecule has 6 nitrogen and oxygen atoms in total. The number of hydrogen-bond donors (Lipinski definition) is 2. The Labute approximate surface area is 198 Å². The first-order chi connectivity index (χ1) is 16.1. The van der Waals surface area contributed by atoms with Gasteiger partial charge in [-0.2, -0.15) is 13.2 Å². The Morgan fingerprint density at radius 2 is 1.62 bits per heavy atom. The molecule has 1 aromatic heterocycles. The lowest BCUT2D eigenvalue weighted by molar-refractivity contribution is -0.137. The van der Waals surface area contributed by atoms with Crippen LogP contribution in [0, 0.1) is 0 Å². The number of fused-ring (bicyclic) bond motifs is 1. The largest absolute Gasteiger partial charge is 0.416 e. The Morgan fingerprint density at radius 1 is 0.882 bits per heavy atom. The number of nitrogens with one attached hydrogen (secondary N) is 2. The van der Waals surface area contributed by atoms with Crippen molar-refractivity contribution in [2.45, 2.75) is 11.1 Å². The molecule has 0 aliphatic rings. The molecular formula is C23H18ClF3N4O2S. The summed E-state index contributed by atoms with van der Waals surface area (Å²) in [4.78, 5) is 8.68. The van der Waals surface area contributed by atoms with E-state index in [-0.39, 0.29) is 13.1 Å². The number of benzene rings is 3. The van der Waals surface area contributed by atoms with E-state index in [2.05, 4.69) is 20.0 Å². The van der Waals surface area contributed by atoms with Gasteiger partial charge in [0.2, 0.25) is 10.0 Å². The number of rotatable bonds is 7. The van der Waals surface area contributed by atoms with Crippen LogP contribution in [0.1, 0.15) is 5.56 Å². The van der Waals surface area contributed by atoms with E-state index in [1.807, 2.05) is 24.3 Å². The Morgan fingerprint density at radius 3 is 2.35 bits per heavy atom. The lowest BCUT2D eigenvalue weighted by Gasteiger charge is -2.13. The third kappa shape index (κ3) is 5.46. The summed E-state index contributed by atoms with van der Waals surface area (Å²) in [5, 5.41) is 4.40. The summed E-state index contributed by atoms with van der Waals surface area (Å²) in [6.07, 6.45) is -4.64. The van der Waals surface area contributed by atoms with Crippen molar-refractivity contribution in [1.82, 2.24) is 14.7 Å². The molecule has 0 saturated carbocycles. The molecule has 176 valence electrons. The van der Waals surface area contributed by atoms with Crippen LogP contribution >= 0.6 is 11.6 Å². The van der Waals surface area contributed by atoms with Crippen molar-refractivity contribution in [2.75, 3.05) is 18.4 Å². The predicted molar refractivity (Wildman–Crippen MR) is 125 cm³/mol. The van der Waals surface area contributed by atoms with Gasteiger partial charge in [0.25, 0.3) is 0 Å². The normalized spacial score (nSPS) is 12.1. The second-order valence-corrected chi connectivity index (χ2v) is 9.47. The van der Waals surface area contributed by atoms with E-state index in [9.17, 15) is 21.6 Å². The van der Waals surface area contributed by atoms with Gasteiger partial charge >= 0.3 is 6.18 Å². The van der Waals surface area contributed by atoms with E-state index in [0.29, 0.717) is 28.2 Å². The van der Waals surface area contributed by atoms with Gasteiger partial charge in [0.05, 0.1) is 16.0 Å². The first kappa shape index (κ1) is 23.9. The van der Waals surface area contributed by atoms with E-state index in [1.54, 1.807) is 24.3 Å². The monoisotopic (exact) mass is 506 g/mol. The van der Waals surface area contributed by atoms with E-state index >= 15 is 0 Å². The van der Waals surface area contributed by atoms with Crippen LogP contribution < -0.4 is 10.0 Å². The predicted octanol–water partition coefficient (Wildman–Crippen LogP) is 5.36. The number of para-hydroxylation sites is 1. The summed E-state index contributed by atoms with van der Waals surface area (Å²) in [7, 11) is -4.13. The third-order valence-corrected chi connectivity index (χ3v) is 6.60. The van der Waals surface area contributed by atoms with Gasteiger partial charge in [0.1, 0.15) is 5.82 Å². The zero-order chi connectivity index (χ0) is 24.3. The van der Waals surface area contributed by atoms with Gasteiger partial charge in [-0.25, -0.2) is 23.1 Å². The van der Waals surface area contributed by atoms with Crippen LogP contribution in [0.25, 0.3) is 22.3 Å². The molecule has 0 amide bonds. The zero-order valence-corrected chi connectivity index (χ0v) is 19.0. The Balaban J connectivity index is 1.50. The Hall–Kier alpha value is -3.21. The van der Waals surface area contributed by atoms with Gasteiger partial charge in [-0.1, -0.05) is 29.8 Å². The fourth-order valence-corrected chi connectivity index (χ4v) is 4.43. The smallest absolute Gasteiger partial charge is 0.368 e. The van der Waals surface area contributed by atoms with Crippen LogP contribution in [0.4, 0.5) is 19.0 Å². The minimum atomic E-state index is -4.64. The average molecular weight is 507 g/mol. The van der Waals surface area contributed by atoms with Gasteiger partial charge in [-0.05, 0) is 54.6 Å². The van der Waals surface area contributed by atoms with Crippen molar-refractivity contribution >= 4 is 38.3 Å². The first-order valence-electron chi connectivity index (χ1n) is 10.1. The van der Waals surface area contributed by atoms with Crippen molar-refractivity contribution in [1.29, 1.82) is 0 Å². The zero-order valence-electron chi connectivity index (χ0n) is 17.5. The summed E-state index contributed by atoms with van der Waals surface area (Å²) < 4.78 is 66.0. The van der Waals surface area contributed by atoms with E-state index in [1.165, 1.54) is 0 Å². The molecule has 0 saturated heterocycles. The van der Waals surface area contributed by atoms with Gasteiger partial charge in [-0.15, -0.1) is 0 Å². The maximum absolute atomic E-state index is 12.9. The quantitative estimate of drug-likeness (QED) is 0.330. The van der Waals surface area contributed by atoms with Crippen LogP contribution in [0.2, 0.25) is 5.02 Å². The van der Waals surface area contributed by atoms with E-state index in [4.69, 9.17) is 11.6 Å². The number of hydrogen-bond acceptors (Lipinski definition) is 5. The van der Waals surface area contributed by atoms with Crippen molar-refractivity contribution in [3.63, 3.8) is 0 Å². The molecule has 0 spiro atoms. The number of sulfonamides is 1. The summed E-state index contributed by atoms with van der Waals surface area (Å²) in [6, 6.07) is 18.0. The molecule has 0 aliphatic carbocycles. The minimum absolute atomic E-state index is 0.0762. The molecule has 1 heterocycles. The summed E-state index contributed by atoms with van der Waals surface area (Å²) in [6.45, 7) is 0.0619. The summed E-state index contributed by atoms with van der Waals surface area (Å²) >= 11 is 5.96. The van der Waals surface area contributed by atoms with Crippen molar-refractivity contribution in [3.8, 4) is 11.4 Å². The maximum Gasteiger partial charge on any atom is 0.416 e. The molecule has 0 unspecified atom stereocenters. The number of anilines is 1. The summed E-state index contributed by atoms with van der Waals surface area (Å²) in [5.74, 6) is 0.955. The van der Waals surface area contributed by atoms with Crippen molar-refractivity contribution in [3.05, 3.63) is 83.4 Å². The molecule has 34 heavy (non-hydrogen) atoms. The lowest BCUT2D eigenvalue weighted by Crippen LogP contribution is -2.29. The van der Waals surface area contributed by atoms with Gasteiger partial charge in [0.15, 0.2) is 5.82 Å². The molecule has 4 aromatic rings. The molecule has 0 aliphatic heterocycles. The highest BCUT2D eigenvalue weighted by Gasteiger charge is 2.31. The highest BCUT2D eigenvalue weighted by molar-refractivity contribution is 7.89. The van der Waals surface area contributed by atoms with Crippen LogP contribution in [-0.2, 0) is 16.2 Å². The van der Waals surface area contributed by atoms with Crippen LogP contribution in [0.15, 0.2) is 77.7 Å². The molecule has 3 aromatic carbocycles. The number of nitrogens with zero attached hydrogens (tertiary/aromatic N) is 2. The molecule has 11 heteroatoms. The van der Waals surface area contributed by atoms with Crippen molar-refractivity contribution < 1.29 is 21.6 Å². The first-order valence-corrected chi connectivity index (χ1v) is 11.9. The standard InChI is InChI=1S/C23H18ClF3N4O2S/c24-17-10-8-15(9-11-17)21-30-20-7-2-1-6-19(20)22(31-21)28-12-13-29-34(32,33)18-5-3-4-16(14-18)23(25,26)27/h1-11,14,29H,12-13H2,(H,28,30,31). The number of halogens is 4. The van der Waals surface area contributed by atoms with Crippen LogP contribution in [-0.4, -0.2) is 31.5 Å². The van der Waals surface area contributed by atoms with Gasteiger partial charge < -0.3 is 5.32 Å². The Bertz CT molecular complexity index is 1430. The highest BCUT2D eigenvalue weighted by Crippen LogP contribution is 2.30. The highest BCUT2D eigenvalue weighted by atomic mass is 35.5. The topological polar surface area (TPSA) is 84.0 Å². The molecule has 0 atom stereocenters. The molecule has 0 fully saturated rings. The van der Waals surface area contributed by atoms with E-state index < -0.39 is 26.7 Å². The SMILES string of the molecule is O=S(=O)(NCCNc1nc(-c2ccc(Cl)cc2)nc2ccccc12)c1cccc(C(F)(F)F)c1. The second-order valence-electron chi connectivity index (χ2n) is 7.27. The second kappa shape index (κ2) is 9.57. The van der Waals surface area contributed by atoms with E-state index in [0.717, 1.165) is 29.1 Å². The maximum atomic E-state index is 12.9. The van der Waals surface area contributed by atoms with Crippen molar-refractivity contribution in [2.24, 2.45) is 0 Å². The Kier molecular flexibility index (Phi) is 6.74. The minimum Gasteiger partial charge on any atom is -0.368 e. The molecule has 2 N–H and O–H groups in total.